The summed E-state index contributed by atoms with van der Waals surface area (Å²) < 4.78 is 18.3. The average molecular weight is 275 g/mol. The Labute approximate surface area is 118 Å². The summed E-state index contributed by atoms with van der Waals surface area (Å²) in [6.45, 7) is 5.11. The van der Waals surface area contributed by atoms with E-state index in [9.17, 15) is 4.39 Å². The van der Waals surface area contributed by atoms with E-state index in [1.54, 1.807) is 18.2 Å². The third kappa shape index (κ3) is 4.19. The van der Waals surface area contributed by atoms with Crippen LogP contribution in [-0.2, 0) is 6.54 Å². The lowest BCUT2D eigenvalue weighted by molar-refractivity contribution is 0.305. The minimum absolute atomic E-state index is 0.240. The minimum Gasteiger partial charge on any atom is -0.478 e. The number of halogens is 1. The highest BCUT2D eigenvalue weighted by Gasteiger charge is 2.03. The van der Waals surface area contributed by atoms with E-state index < -0.39 is 0 Å². The Morgan fingerprint density at radius 2 is 1.95 bits per heavy atom. The van der Waals surface area contributed by atoms with Crippen molar-refractivity contribution in [3.63, 3.8) is 0 Å². The first-order valence-corrected chi connectivity index (χ1v) is 6.64. The van der Waals surface area contributed by atoms with Gasteiger partial charge in [0, 0.05) is 18.3 Å². The number of nitrogens with one attached hydrogen (secondary N) is 1. The molecule has 2 aromatic rings. The Bertz CT molecular complexity index is 558. The van der Waals surface area contributed by atoms with E-state index >= 15 is 0 Å². The summed E-state index contributed by atoms with van der Waals surface area (Å²) >= 11 is 0. The average Bonchev–Trinajstić information content (AvgIpc) is 2.44. The van der Waals surface area contributed by atoms with Gasteiger partial charge in [0.15, 0.2) is 0 Å². The van der Waals surface area contributed by atoms with Gasteiger partial charge < -0.3 is 10.1 Å². The highest BCUT2D eigenvalue weighted by atomic mass is 19.1. The van der Waals surface area contributed by atoms with Crippen LogP contribution in [0.25, 0.3) is 0 Å². The normalized spacial score (nSPS) is 10.3. The quantitative estimate of drug-likeness (QED) is 0.878. The Balaban J connectivity index is 2.01. The molecule has 0 bridgehead atoms. The first-order valence-electron chi connectivity index (χ1n) is 6.64. The van der Waals surface area contributed by atoms with Crippen LogP contribution in [0.3, 0.4) is 0 Å². The third-order valence-corrected chi connectivity index (χ3v) is 2.65. The molecule has 5 heteroatoms. The summed E-state index contributed by atoms with van der Waals surface area (Å²) in [5, 5.41) is 3.11. The van der Waals surface area contributed by atoms with Crippen molar-refractivity contribution in [2.45, 2.75) is 26.8 Å². The molecule has 0 radical (unpaired) electrons. The lowest BCUT2D eigenvalue weighted by atomic mass is 10.2. The van der Waals surface area contributed by atoms with Crippen LogP contribution >= 0.6 is 0 Å². The van der Waals surface area contributed by atoms with Gasteiger partial charge >= 0.3 is 0 Å². The fourth-order valence-electron chi connectivity index (χ4n) is 1.68. The van der Waals surface area contributed by atoms with E-state index in [1.165, 1.54) is 12.1 Å². The molecular weight excluding hydrogens is 257 g/mol. The number of anilines is 1. The van der Waals surface area contributed by atoms with Crippen LogP contribution in [0.4, 0.5) is 10.3 Å². The number of nitrogens with zero attached hydrogens (tertiary/aromatic N) is 2. The Kier molecular flexibility index (Phi) is 4.87. The fraction of sp³-hybridized carbons (Fsp3) is 0.333. The molecule has 0 unspecified atom stereocenters. The molecule has 0 aliphatic rings. The van der Waals surface area contributed by atoms with Crippen molar-refractivity contribution in [3.05, 3.63) is 47.4 Å². The summed E-state index contributed by atoms with van der Waals surface area (Å²) in [7, 11) is 0. The zero-order valence-corrected chi connectivity index (χ0v) is 11.7. The molecule has 0 aliphatic heterocycles. The summed E-state index contributed by atoms with van der Waals surface area (Å²) in [5.41, 5.74) is 1.81. The molecule has 106 valence electrons. The predicted octanol–water partition coefficient (Wildman–Crippen LogP) is 3.33. The molecule has 0 spiro atoms. The molecule has 1 aromatic carbocycles. The Morgan fingerprint density at radius 3 is 2.65 bits per heavy atom. The Hall–Kier alpha value is -2.17. The van der Waals surface area contributed by atoms with Crippen LogP contribution in [0, 0.1) is 12.7 Å². The van der Waals surface area contributed by atoms with Crippen LogP contribution in [0.15, 0.2) is 30.3 Å². The van der Waals surface area contributed by atoms with Gasteiger partial charge in [-0.25, -0.2) is 9.37 Å². The first kappa shape index (κ1) is 14.2. The van der Waals surface area contributed by atoms with Crippen LogP contribution in [0.1, 0.15) is 24.6 Å². The number of hydrogen-bond acceptors (Lipinski definition) is 4. The zero-order valence-electron chi connectivity index (χ0n) is 11.7. The molecule has 1 aromatic heterocycles. The molecule has 0 saturated heterocycles. The van der Waals surface area contributed by atoms with Crippen molar-refractivity contribution in [2.75, 3.05) is 11.9 Å². The standard InChI is InChI=1S/C15H18FN3O/c1-3-8-20-14-9-11(2)18-15(19-14)17-10-12-4-6-13(16)7-5-12/h4-7,9H,3,8,10H2,1-2H3,(H,17,18,19). The van der Waals surface area contributed by atoms with Gasteiger partial charge in [0.2, 0.25) is 11.8 Å². The maximum absolute atomic E-state index is 12.8. The van der Waals surface area contributed by atoms with Gasteiger partial charge in [-0.3, -0.25) is 0 Å². The largest absolute Gasteiger partial charge is 0.478 e. The highest BCUT2D eigenvalue weighted by Crippen LogP contribution is 2.13. The van der Waals surface area contributed by atoms with Crippen molar-refractivity contribution < 1.29 is 9.13 Å². The second-order valence-corrected chi connectivity index (χ2v) is 4.50. The zero-order chi connectivity index (χ0) is 14.4. The molecule has 0 fully saturated rings. The predicted molar refractivity (Wildman–Crippen MR) is 76.3 cm³/mol. The number of hydrogen-bond donors (Lipinski definition) is 1. The summed E-state index contributed by atoms with van der Waals surface area (Å²) in [5.74, 6) is 0.845. The lowest BCUT2D eigenvalue weighted by Crippen LogP contribution is -2.06. The van der Waals surface area contributed by atoms with E-state index in [4.69, 9.17) is 4.74 Å². The van der Waals surface area contributed by atoms with Gasteiger partial charge in [0.1, 0.15) is 5.82 Å². The highest BCUT2D eigenvalue weighted by molar-refractivity contribution is 5.32. The number of aromatic nitrogens is 2. The molecule has 0 amide bonds. The van der Waals surface area contributed by atoms with Crippen LogP contribution in [0.5, 0.6) is 5.88 Å². The van der Waals surface area contributed by atoms with Gasteiger partial charge in [0.05, 0.1) is 6.61 Å². The fourth-order valence-corrected chi connectivity index (χ4v) is 1.68. The molecule has 0 saturated carbocycles. The van der Waals surface area contributed by atoms with Gasteiger partial charge in [-0.05, 0) is 31.0 Å². The summed E-state index contributed by atoms with van der Waals surface area (Å²) in [6, 6.07) is 8.13. The van der Waals surface area contributed by atoms with Crippen LogP contribution < -0.4 is 10.1 Å². The smallest absolute Gasteiger partial charge is 0.226 e. The molecule has 20 heavy (non-hydrogen) atoms. The van der Waals surface area contributed by atoms with Crippen molar-refractivity contribution >= 4 is 5.95 Å². The molecule has 1 heterocycles. The number of ether oxygens (including phenoxy) is 1. The molecular formula is C15H18FN3O. The summed E-state index contributed by atoms with van der Waals surface area (Å²) in [4.78, 5) is 8.58. The van der Waals surface area contributed by atoms with Crippen LogP contribution in [-0.4, -0.2) is 16.6 Å². The second kappa shape index (κ2) is 6.84. The summed E-state index contributed by atoms with van der Waals surface area (Å²) in [6.07, 6.45) is 0.932. The third-order valence-electron chi connectivity index (χ3n) is 2.65. The SMILES string of the molecule is CCCOc1cc(C)nc(NCc2ccc(F)cc2)n1. The second-order valence-electron chi connectivity index (χ2n) is 4.50. The molecule has 4 nitrogen and oxygen atoms in total. The van der Waals surface area contributed by atoms with E-state index in [1.807, 2.05) is 13.8 Å². The van der Waals surface area contributed by atoms with Crippen molar-refractivity contribution in [2.24, 2.45) is 0 Å². The van der Waals surface area contributed by atoms with Crippen molar-refractivity contribution in [1.82, 2.24) is 9.97 Å². The van der Waals surface area contributed by atoms with E-state index in [-0.39, 0.29) is 5.82 Å². The molecule has 0 aliphatic carbocycles. The van der Waals surface area contributed by atoms with Crippen molar-refractivity contribution in [1.29, 1.82) is 0 Å². The Morgan fingerprint density at radius 1 is 1.20 bits per heavy atom. The van der Waals surface area contributed by atoms with Crippen LogP contribution in [0.2, 0.25) is 0 Å². The molecule has 1 N–H and O–H groups in total. The van der Waals surface area contributed by atoms with E-state index in [2.05, 4.69) is 15.3 Å². The van der Waals surface area contributed by atoms with Gasteiger partial charge in [0.25, 0.3) is 0 Å². The van der Waals surface area contributed by atoms with E-state index in [0.717, 1.165) is 17.7 Å². The number of aryl methyl sites for hydroxylation is 1. The van der Waals surface area contributed by atoms with E-state index in [0.29, 0.717) is 25.0 Å². The van der Waals surface area contributed by atoms with Gasteiger partial charge in [-0.2, -0.15) is 4.98 Å². The molecule has 0 atom stereocenters. The monoisotopic (exact) mass is 275 g/mol. The van der Waals surface area contributed by atoms with Gasteiger partial charge in [-0.15, -0.1) is 0 Å². The van der Waals surface area contributed by atoms with Crippen molar-refractivity contribution in [3.8, 4) is 5.88 Å². The first-order chi connectivity index (χ1) is 9.67. The lowest BCUT2D eigenvalue weighted by Gasteiger charge is -2.09. The maximum Gasteiger partial charge on any atom is 0.226 e. The van der Waals surface area contributed by atoms with Gasteiger partial charge in [-0.1, -0.05) is 19.1 Å². The maximum atomic E-state index is 12.8. The number of benzene rings is 1. The number of rotatable bonds is 6. The minimum atomic E-state index is -0.240. The topological polar surface area (TPSA) is 47.0 Å². The molecule has 2 rings (SSSR count).